The molecule has 0 saturated carbocycles. The molecule has 0 atom stereocenters. The van der Waals surface area contributed by atoms with Crippen molar-refractivity contribution in [3.05, 3.63) is 81.8 Å². The highest BCUT2D eigenvalue weighted by Gasteiger charge is 2.02. The van der Waals surface area contributed by atoms with E-state index in [2.05, 4.69) is 31.8 Å². The molecule has 7 nitrogen and oxygen atoms in total. The summed E-state index contributed by atoms with van der Waals surface area (Å²) in [7, 11) is 0. The van der Waals surface area contributed by atoms with E-state index in [1.165, 1.54) is 5.56 Å². The van der Waals surface area contributed by atoms with E-state index < -0.39 is 0 Å². The molecule has 3 aromatic rings. The number of nitrogens with zero attached hydrogens (tertiary/aromatic N) is 3. The number of aromatic nitrogens is 3. The van der Waals surface area contributed by atoms with Crippen LogP contribution in [0.5, 0.6) is 5.75 Å². The highest BCUT2D eigenvalue weighted by atomic mass is 16.5. The lowest BCUT2D eigenvalue weighted by Crippen LogP contribution is -2.10. The number of anilines is 1. The lowest BCUT2D eigenvalue weighted by molar-refractivity contribution is 0.305. The second-order valence-electron chi connectivity index (χ2n) is 5.37. The van der Waals surface area contributed by atoms with Crippen molar-refractivity contribution < 1.29 is 4.74 Å². The summed E-state index contributed by atoms with van der Waals surface area (Å²) in [5.74, 6) is 0.879. The van der Waals surface area contributed by atoms with E-state index in [0.717, 1.165) is 17.3 Å². The average Bonchev–Trinajstić information content (AvgIpc) is 2.61. The third-order valence-corrected chi connectivity index (χ3v) is 3.34. The zero-order chi connectivity index (χ0) is 17.5. The summed E-state index contributed by atoms with van der Waals surface area (Å²) in [5.41, 5.74) is 5.37. The number of rotatable bonds is 6. The number of hydrogen-bond donors (Lipinski definition) is 2. The van der Waals surface area contributed by atoms with Crippen LogP contribution in [0.15, 0.2) is 64.6 Å². The molecule has 2 N–H and O–H groups in total. The second-order valence-corrected chi connectivity index (χ2v) is 5.37. The number of aryl methyl sites for hydroxylation is 1. The van der Waals surface area contributed by atoms with Crippen molar-refractivity contribution in [3.8, 4) is 5.75 Å². The van der Waals surface area contributed by atoms with E-state index in [9.17, 15) is 4.79 Å². The van der Waals surface area contributed by atoms with Crippen LogP contribution >= 0.6 is 0 Å². The van der Waals surface area contributed by atoms with Crippen molar-refractivity contribution in [2.24, 2.45) is 5.10 Å². The Hall–Kier alpha value is -3.48. The minimum Gasteiger partial charge on any atom is -0.488 e. The summed E-state index contributed by atoms with van der Waals surface area (Å²) in [6, 6.07) is 15.7. The quantitative estimate of drug-likeness (QED) is 0.533. The summed E-state index contributed by atoms with van der Waals surface area (Å²) < 4.78 is 5.90. The van der Waals surface area contributed by atoms with Gasteiger partial charge in [-0.25, -0.2) is 5.43 Å². The first-order chi connectivity index (χ1) is 12.2. The van der Waals surface area contributed by atoms with E-state index in [0.29, 0.717) is 12.4 Å². The molecule has 1 heterocycles. The molecule has 1 aromatic heterocycles. The van der Waals surface area contributed by atoms with Gasteiger partial charge in [0.25, 0.3) is 5.56 Å². The van der Waals surface area contributed by atoms with E-state index in [4.69, 9.17) is 4.74 Å². The topological polar surface area (TPSA) is 92.3 Å². The molecule has 7 heteroatoms. The molecule has 2 aromatic carbocycles. The van der Waals surface area contributed by atoms with E-state index in [1.54, 1.807) is 6.21 Å². The third kappa shape index (κ3) is 4.74. The molecule has 0 amide bonds. The molecular formula is C18H17N5O2. The number of hydrogen-bond acceptors (Lipinski definition) is 6. The molecule has 0 aliphatic carbocycles. The first kappa shape index (κ1) is 16.4. The molecule has 0 unspecified atom stereocenters. The van der Waals surface area contributed by atoms with Crippen LogP contribution in [-0.4, -0.2) is 21.4 Å². The third-order valence-electron chi connectivity index (χ3n) is 3.34. The number of H-pyrrole nitrogens is 1. The SMILES string of the molecule is Cc1cccc(COc2ccccc2/C=N/Nc2nncc(=O)[nH]2)c1. The van der Waals surface area contributed by atoms with Crippen LogP contribution in [0.4, 0.5) is 5.95 Å². The average molecular weight is 335 g/mol. The maximum absolute atomic E-state index is 11.2. The van der Waals surface area contributed by atoms with Gasteiger partial charge in [-0.15, -0.1) is 10.2 Å². The first-order valence-electron chi connectivity index (χ1n) is 7.69. The normalized spacial score (nSPS) is 10.8. The fraction of sp³-hybridized carbons (Fsp3) is 0.111. The summed E-state index contributed by atoms with van der Waals surface area (Å²) >= 11 is 0. The Kier molecular flexibility index (Phi) is 5.16. The standard InChI is InChI=1S/C18H17N5O2/c1-13-5-4-6-14(9-13)12-25-16-8-3-2-7-15(16)10-19-22-18-21-17(24)11-20-23-18/h2-11H,12H2,1H3,(H2,21,22,23,24)/b19-10+. The molecule has 0 fully saturated rings. The van der Waals surface area contributed by atoms with Crippen molar-refractivity contribution in [1.82, 2.24) is 15.2 Å². The van der Waals surface area contributed by atoms with Crippen molar-refractivity contribution in [1.29, 1.82) is 0 Å². The minimum absolute atomic E-state index is 0.168. The first-order valence-corrected chi connectivity index (χ1v) is 7.69. The summed E-state index contributed by atoms with van der Waals surface area (Å²) in [6.45, 7) is 2.52. The molecule has 0 radical (unpaired) electrons. The van der Waals surface area contributed by atoms with Crippen molar-refractivity contribution >= 4 is 12.2 Å². The Bertz CT molecular complexity index is 936. The van der Waals surface area contributed by atoms with Crippen LogP contribution in [-0.2, 0) is 6.61 Å². The van der Waals surface area contributed by atoms with Crippen LogP contribution < -0.4 is 15.7 Å². The molecule has 3 rings (SSSR count). The van der Waals surface area contributed by atoms with Gasteiger partial charge >= 0.3 is 0 Å². The molecule has 0 aliphatic rings. The Morgan fingerprint density at radius 3 is 2.96 bits per heavy atom. The zero-order valence-corrected chi connectivity index (χ0v) is 13.6. The Labute approximate surface area is 144 Å². The van der Waals surface area contributed by atoms with Gasteiger partial charge in [-0.05, 0) is 24.6 Å². The van der Waals surface area contributed by atoms with Gasteiger partial charge in [0.2, 0.25) is 5.95 Å². The van der Waals surface area contributed by atoms with Gasteiger partial charge < -0.3 is 4.74 Å². The Morgan fingerprint density at radius 1 is 1.24 bits per heavy atom. The Balaban J connectivity index is 1.68. The number of nitrogens with one attached hydrogen (secondary N) is 2. The molecule has 25 heavy (non-hydrogen) atoms. The van der Waals surface area contributed by atoms with E-state index in [-0.39, 0.29) is 11.5 Å². The molecule has 0 spiro atoms. The predicted octanol–water partition coefficient (Wildman–Crippen LogP) is 2.50. The van der Waals surface area contributed by atoms with Gasteiger partial charge in [-0.2, -0.15) is 5.10 Å². The largest absolute Gasteiger partial charge is 0.488 e. The maximum atomic E-state index is 11.2. The van der Waals surface area contributed by atoms with Crippen molar-refractivity contribution in [3.63, 3.8) is 0 Å². The number of para-hydroxylation sites is 1. The lowest BCUT2D eigenvalue weighted by atomic mass is 10.1. The highest BCUT2D eigenvalue weighted by molar-refractivity contribution is 5.83. The zero-order valence-electron chi connectivity index (χ0n) is 13.6. The van der Waals surface area contributed by atoms with Crippen molar-refractivity contribution in [2.45, 2.75) is 13.5 Å². The summed E-state index contributed by atoms with van der Waals surface area (Å²) in [4.78, 5) is 13.6. The molecule has 0 bridgehead atoms. The predicted molar refractivity (Wildman–Crippen MR) is 95.8 cm³/mol. The number of ether oxygens (including phenoxy) is 1. The molecule has 126 valence electrons. The van der Waals surface area contributed by atoms with Crippen molar-refractivity contribution in [2.75, 3.05) is 5.43 Å². The van der Waals surface area contributed by atoms with Crippen LogP contribution in [0, 0.1) is 6.92 Å². The summed E-state index contributed by atoms with van der Waals surface area (Å²) in [5, 5.41) is 11.3. The van der Waals surface area contributed by atoms with Gasteiger partial charge in [0.05, 0.1) is 6.21 Å². The van der Waals surface area contributed by atoms with Crippen LogP contribution in [0.25, 0.3) is 0 Å². The maximum Gasteiger partial charge on any atom is 0.271 e. The smallest absolute Gasteiger partial charge is 0.271 e. The van der Waals surface area contributed by atoms with Crippen LogP contribution in [0.3, 0.4) is 0 Å². The molecular weight excluding hydrogens is 318 g/mol. The summed E-state index contributed by atoms with van der Waals surface area (Å²) in [6.07, 6.45) is 2.68. The number of aromatic amines is 1. The van der Waals surface area contributed by atoms with E-state index in [1.807, 2.05) is 49.4 Å². The van der Waals surface area contributed by atoms with Gasteiger partial charge in [-0.1, -0.05) is 42.0 Å². The monoisotopic (exact) mass is 335 g/mol. The van der Waals surface area contributed by atoms with Crippen LogP contribution in [0.1, 0.15) is 16.7 Å². The van der Waals surface area contributed by atoms with Crippen LogP contribution in [0.2, 0.25) is 0 Å². The van der Waals surface area contributed by atoms with E-state index >= 15 is 0 Å². The minimum atomic E-state index is -0.352. The van der Waals surface area contributed by atoms with Gasteiger partial charge in [0, 0.05) is 5.56 Å². The number of hydrazone groups is 1. The lowest BCUT2D eigenvalue weighted by Gasteiger charge is -2.09. The van der Waals surface area contributed by atoms with Gasteiger partial charge in [-0.3, -0.25) is 9.78 Å². The Morgan fingerprint density at radius 2 is 2.12 bits per heavy atom. The van der Waals surface area contributed by atoms with Gasteiger partial charge in [0.1, 0.15) is 18.6 Å². The fourth-order valence-electron chi connectivity index (χ4n) is 2.21. The molecule has 0 aliphatic heterocycles. The molecule has 0 saturated heterocycles. The second kappa shape index (κ2) is 7.87. The number of benzene rings is 2. The van der Waals surface area contributed by atoms with Gasteiger partial charge in [0.15, 0.2) is 0 Å². The highest BCUT2D eigenvalue weighted by Crippen LogP contribution is 2.18. The fourth-order valence-corrected chi connectivity index (χ4v) is 2.21.